The smallest absolute Gasteiger partial charge is 0.256 e. The standard InChI is InChI=1S/C22H19ClF2N2O4/c23-13-3-1-12(2-4-13)10-27-22(29)16-11-26-20-15(21(16)28)9-17(18(24)19(20)25)31-14-5-7-30-8-6-14/h1-4,9,11,14H,5-8,10H2,(H,26,28)(H,27,29). The van der Waals surface area contributed by atoms with E-state index in [1.807, 2.05) is 0 Å². The number of nitrogens with one attached hydrogen (secondary N) is 1. The number of hydrogen-bond donors (Lipinski definition) is 2. The Hall–Kier alpha value is -2.97. The van der Waals surface area contributed by atoms with Gasteiger partial charge in [-0.15, -0.1) is 0 Å². The number of pyridine rings is 1. The molecule has 1 aromatic heterocycles. The van der Waals surface area contributed by atoms with E-state index in [9.17, 15) is 18.7 Å². The summed E-state index contributed by atoms with van der Waals surface area (Å²) in [5.41, 5.74) is 0.249. The van der Waals surface area contributed by atoms with Crippen LogP contribution in [-0.4, -0.2) is 35.3 Å². The van der Waals surface area contributed by atoms with Gasteiger partial charge in [0.15, 0.2) is 11.6 Å². The van der Waals surface area contributed by atoms with Crippen LogP contribution in [0.2, 0.25) is 5.02 Å². The first-order valence-corrected chi connectivity index (χ1v) is 10.1. The van der Waals surface area contributed by atoms with Gasteiger partial charge in [0.25, 0.3) is 5.91 Å². The molecule has 1 amide bonds. The topological polar surface area (TPSA) is 80.7 Å². The molecule has 2 heterocycles. The normalized spacial score (nSPS) is 14.5. The van der Waals surface area contributed by atoms with Crippen LogP contribution in [0.25, 0.3) is 10.9 Å². The second kappa shape index (κ2) is 9.03. The van der Waals surface area contributed by atoms with Gasteiger partial charge in [0.2, 0.25) is 5.82 Å². The van der Waals surface area contributed by atoms with Gasteiger partial charge in [0.05, 0.1) is 13.2 Å². The van der Waals surface area contributed by atoms with E-state index in [0.717, 1.165) is 11.8 Å². The van der Waals surface area contributed by atoms with Crippen molar-refractivity contribution in [1.82, 2.24) is 10.3 Å². The predicted molar refractivity (Wildman–Crippen MR) is 110 cm³/mol. The van der Waals surface area contributed by atoms with Crippen molar-refractivity contribution in [3.05, 3.63) is 64.3 Å². The number of aromatic hydroxyl groups is 1. The second-order valence-corrected chi connectivity index (χ2v) is 7.59. The molecule has 1 aliphatic rings. The fourth-order valence-corrected chi connectivity index (χ4v) is 3.47. The molecule has 0 bridgehead atoms. The van der Waals surface area contributed by atoms with Crippen molar-refractivity contribution in [2.45, 2.75) is 25.5 Å². The Morgan fingerprint density at radius 1 is 1.23 bits per heavy atom. The first-order valence-electron chi connectivity index (χ1n) is 9.70. The van der Waals surface area contributed by atoms with Gasteiger partial charge < -0.3 is 19.9 Å². The molecule has 6 nitrogen and oxygen atoms in total. The van der Waals surface area contributed by atoms with E-state index >= 15 is 0 Å². The zero-order valence-electron chi connectivity index (χ0n) is 16.3. The molecule has 0 atom stereocenters. The Morgan fingerprint density at radius 3 is 2.65 bits per heavy atom. The number of aromatic nitrogens is 1. The average molecular weight is 449 g/mol. The fourth-order valence-electron chi connectivity index (χ4n) is 3.34. The number of benzene rings is 2. The Kier molecular flexibility index (Phi) is 6.20. The highest BCUT2D eigenvalue weighted by atomic mass is 35.5. The summed E-state index contributed by atoms with van der Waals surface area (Å²) in [5, 5.41) is 13.7. The lowest BCUT2D eigenvalue weighted by atomic mass is 10.1. The second-order valence-electron chi connectivity index (χ2n) is 7.16. The molecule has 0 unspecified atom stereocenters. The van der Waals surface area contributed by atoms with Gasteiger partial charge in [0, 0.05) is 36.0 Å². The highest BCUT2D eigenvalue weighted by Gasteiger charge is 2.24. The van der Waals surface area contributed by atoms with E-state index in [2.05, 4.69) is 10.3 Å². The molecule has 1 fully saturated rings. The maximum absolute atomic E-state index is 14.6. The van der Waals surface area contributed by atoms with E-state index in [1.54, 1.807) is 24.3 Å². The average Bonchev–Trinajstić information content (AvgIpc) is 2.78. The first kappa shape index (κ1) is 21.3. The number of nitrogens with zero attached hydrogens (tertiary/aromatic N) is 1. The van der Waals surface area contributed by atoms with E-state index in [0.29, 0.717) is 31.1 Å². The fraction of sp³-hybridized carbons (Fsp3) is 0.273. The number of halogens is 3. The van der Waals surface area contributed by atoms with Gasteiger partial charge in [-0.25, -0.2) is 4.39 Å². The lowest BCUT2D eigenvalue weighted by Gasteiger charge is -2.23. The van der Waals surface area contributed by atoms with Crippen molar-refractivity contribution in [3.63, 3.8) is 0 Å². The van der Waals surface area contributed by atoms with Crippen molar-refractivity contribution in [2.75, 3.05) is 13.2 Å². The van der Waals surface area contributed by atoms with Crippen LogP contribution >= 0.6 is 11.6 Å². The van der Waals surface area contributed by atoms with Gasteiger partial charge in [-0.1, -0.05) is 23.7 Å². The third kappa shape index (κ3) is 4.55. The number of carbonyl (C=O) groups excluding carboxylic acids is 1. The summed E-state index contributed by atoms with van der Waals surface area (Å²) >= 11 is 5.84. The largest absolute Gasteiger partial charge is 0.506 e. The predicted octanol–water partition coefficient (Wildman–Crippen LogP) is 4.36. The number of ether oxygens (including phenoxy) is 2. The van der Waals surface area contributed by atoms with Gasteiger partial charge in [-0.2, -0.15) is 4.39 Å². The Labute approximate surface area is 181 Å². The minimum absolute atomic E-state index is 0.111. The molecule has 0 aliphatic carbocycles. The number of fused-ring (bicyclic) bond motifs is 1. The molecule has 9 heteroatoms. The molecule has 2 aromatic carbocycles. The number of rotatable bonds is 5. The van der Waals surface area contributed by atoms with Crippen LogP contribution in [0, 0.1) is 11.6 Å². The minimum atomic E-state index is -1.25. The van der Waals surface area contributed by atoms with Crippen molar-refractivity contribution >= 4 is 28.4 Å². The summed E-state index contributed by atoms with van der Waals surface area (Å²) in [7, 11) is 0. The van der Waals surface area contributed by atoms with E-state index in [-0.39, 0.29) is 34.9 Å². The molecule has 0 spiro atoms. The summed E-state index contributed by atoms with van der Waals surface area (Å²) in [6.45, 7) is 1.11. The molecule has 3 aromatic rings. The van der Waals surface area contributed by atoms with E-state index in [4.69, 9.17) is 21.1 Å². The monoisotopic (exact) mass is 448 g/mol. The molecular formula is C22H19ClF2N2O4. The molecular weight excluding hydrogens is 430 g/mol. The lowest BCUT2D eigenvalue weighted by molar-refractivity contribution is 0.0238. The molecule has 31 heavy (non-hydrogen) atoms. The van der Waals surface area contributed by atoms with Crippen LogP contribution in [0.3, 0.4) is 0 Å². The summed E-state index contributed by atoms with van der Waals surface area (Å²) in [4.78, 5) is 16.4. The van der Waals surface area contributed by atoms with E-state index < -0.39 is 23.3 Å². The van der Waals surface area contributed by atoms with Crippen molar-refractivity contribution < 1.29 is 28.2 Å². The zero-order chi connectivity index (χ0) is 22.0. The quantitative estimate of drug-likeness (QED) is 0.606. The SMILES string of the molecule is O=C(NCc1ccc(Cl)cc1)c1cnc2c(F)c(F)c(OC3CCOCC3)cc2c1O. The summed E-state index contributed by atoms with van der Waals surface area (Å²) < 4.78 is 39.9. The van der Waals surface area contributed by atoms with Gasteiger partial charge in [-0.05, 0) is 23.8 Å². The third-order valence-corrected chi connectivity index (χ3v) is 5.31. The third-order valence-electron chi connectivity index (χ3n) is 5.05. The van der Waals surface area contributed by atoms with Crippen molar-refractivity contribution in [1.29, 1.82) is 0 Å². The Balaban J connectivity index is 1.61. The number of hydrogen-bond acceptors (Lipinski definition) is 5. The van der Waals surface area contributed by atoms with Crippen molar-refractivity contribution in [2.24, 2.45) is 0 Å². The number of amides is 1. The van der Waals surface area contributed by atoms with Crippen LogP contribution < -0.4 is 10.1 Å². The molecule has 2 N–H and O–H groups in total. The summed E-state index contributed by atoms with van der Waals surface area (Å²) in [5.74, 6) is -3.89. The Morgan fingerprint density at radius 2 is 1.94 bits per heavy atom. The molecule has 0 radical (unpaired) electrons. The molecule has 1 saturated heterocycles. The minimum Gasteiger partial charge on any atom is -0.506 e. The van der Waals surface area contributed by atoms with Crippen molar-refractivity contribution in [3.8, 4) is 11.5 Å². The van der Waals surface area contributed by atoms with E-state index in [1.165, 1.54) is 6.07 Å². The molecule has 1 aliphatic heterocycles. The maximum Gasteiger partial charge on any atom is 0.256 e. The molecule has 0 saturated carbocycles. The van der Waals surface area contributed by atoms with Gasteiger partial charge in [-0.3, -0.25) is 9.78 Å². The summed E-state index contributed by atoms with van der Waals surface area (Å²) in [6.07, 6.45) is 1.75. The number of carbonyl (C=O) groups is 1. The van der Waals surface area contributed by atoms with Crippen LogP contribution in [-0.2, 0) is 11.3 Å². The van der Waals surface area contributed by atoms with Gasteiger partial charge >= 0.3 is 0 Å². The highest BCUT2D eigenvalue weighted by molar-refractivity contribution is 6.30. The van der Waals surface area contributed by atoms with Crippen LogP contribution in [0.1, 0.15) is 28.8 Å². The summed E-state index contributed by atoms with van der Waals surface area (Å²) in [6, 6.07) is 8.05. The molecule has 162 valence electrons. The van der Waals surface area contributed by atoms with Gasteiger partial charge in [0.1, 0.15) is 22.9 Å². The lowest BCUT2D eigenvalue weighted by Crippen LogP contribution is -2.26. The Bertz CT molecular complexity index is 1120. The zero-order valence-corrected chi connectivity index (χ0v) is 17.1. The molecule has 4 rings (SSSR count). The first-order chi connectivity index (χ1) is 14.9. The van der Waals surface area contributed by atoms with Crippen LogP contribution in [0.4, 0.5) is 8.78 Å². The maximum atomic E-state index is 14.6. The highest BCUT2D eigenvalue weighted by Crippen LogP contribution is 2.35. The van der Waals surface area contributed by atoms with Crippen LogP contribution in [0.15, 0.2) is 36.5 Å². The van der Waals surface area contributed by atoms with Crippen LogP contribution in [0.5, 0.6) is 11.5 Å².